The molecule has 90 valence electrons. The summed E-state index contributed by atoms with van der Waals surface area (Å²) in [6.45, 7) is 4.51. The molecule has 0 atom stereocenters. The van der Waals surface area contributed by atoms with Gasteiger partial charge in [0.1, 0.15) is 6.61 Å². The Morgan fingerprint density at radius 2 is 2.29 bits per heavy atom. The molecule has 0 saturated heterocycles. The quantitative estimate of drug-likeness (QED) is 0.853. The van der Waals surface area contributed by atoms with Gasteiger partial charge in [-0.25, -0.2) is 4.98 Å². The molecule has 0 saturated carbocycles. The summed E-state index contributed by atoms with van der Waals surface area (Å²) >= 11 is 1.69. The Kier molecular flexibility index (Phi) is 4.53. The fourth-order valence-electron chi connectivity index (χ4n) is 1.41. The number of hydrogen-bond donors (Lipinski definition) is 1. The molecule has 2 rings (SSSR count). The predicted octanol–water partition coefficient (Wildman–Crippen LogP) is 2.83. The predicted molar refractivity (Wildman–Crippen MR) is 70.3 cm³/mol. The Balaban J connectivity index is 1.85. The van der Waals surface area contributed by atoms with Gasteiger partial charge in [-0.05, 0) is 23.6 Å². The summed E-state index contributed by atoms with van der Waals surface area (Å²) in [5.74, 6) is 0.679. The van der Waals surface area contributed by atoms with Crippen LogP contribution in [0.5, 0.6) is 5.88 Å². The summed E-state index contributed by atoms with van der Waals surface area (Å²) in [4.78, 5) is 5.49. The van der Waals surface area contributed by atoms with E-state index in [0.717, 1.165) is 13.1 Å². The molecule has 0 bridgehead atoms. The van der Waals surface area contributed by atoms with Crippen LogP contribution in [0.3, 0.4) is 0 Å². The van der Waals surface area contributed by atoms with E-state index in [1.54, 1.807) is 11.3 Å². The molecule has 17 heavy (non-hydrogen) atoms. The summed E-state index contributed by atoms with van der Waals surface area (Å²) in [6.07, 6.45) is 1.85. The van der Waals surface area contributed by atoms with Crippen molar-refractivity contribution in [1.29, 1.82) is 0 Å². The van der Waals surface area contributed by atoms with Gasteiger partial charge in [0, 0.05) is 23.7 Å². The van der Waals surface area contributed by atoms with E-state index in [0.29, 0.717) is 12.5 Å². The molecule has 0 spiro atoms. The maximum absolute atomic E-state index is 5.59. The van der Waals surface area contributed by atoms with Crippen LogP contribution in [-0.2, 0) is 13.2 Å². The summed E-state index contributed by atoms with van der Waals surface area (Å²) in [7, 11) is 0. The van der Waals surface area contributed by atoms with Crippen LogP contribution in [-0.4, -0.2) is 11.5 Å². The molecule has 0 aromatic carbocycles. The average Bonchev–Trinajstić information content (AvgIpc) is 2.88. The molecule has 0 unspecified atom stereocenters. The molecule has 0 fully saturated rings. The maximum atomic E-state index is 5.59. The molecule has 1 N–H and O–H groups in total. The zero-order chi connectivity index (χ0) is 11.9. The van der Waals surface area contributed by atoms with Crippen LogP contribution in [0, 0.1) is 0 Å². The van der Waals surface area contributed by atoms with E-state index in [2.05, 4.69) is 23.3 Å². The lowest BCUT2D eigenvalue weighted by molar-refractivity contribution is 0.297. The van der Waals surface area contributed by atoms with Crippen molar-refractivity contribution in [3.63, 3.8) is 0 Å². The first kappa shape index (κ1) is 12.1. The third kappa shape index (κ3) is 3.84. The minimum absolute atomic E-state index is 0.594. The number of aromatic nitrogens is 1. The van der Waals surface area contributed by atoms with Gasteiger partial charge < -0.3 is 10.1 Å². The smallest absolute Gasteiger partial charge is 0.213 e. The monoisotopic (exact) mass is 248 g/mol. The minimum Gasteiger partial charge on any atom is -0.472 e. The molecule has 2 heterocycles. The van der Waals surface area contributed by atoms with E-state index in [4.69, 9.17) is 4.74 Å². The highest BCUT2D eigenvalue weighted by molar-refractivity contribution is 7.09. The first-order valence-electron chi connectivity index (χ1n) is 5.69. The molecular formula is C13H16N2OS. The summed E-state index contributed by atoms with van der Waals surface area (Å²) in [6, 6.07) is 8.04. The van der Waals surface area contributed by atoms with Gasteiger partial charge in [0.05, 0.1) is 0 Å². The van der Waals surface area contributed by atoms with E-state index in [-0.39, 0.29) is 0 Å². The highest BCUT2D eigenvalue weighted by Crippen LogP contribution is 2.13. The first-order valence-corrected chi connectivity index (χ1v) is 6.57. The fraction of sp³-hybridized carbons (Fsp3) is 0.308. The van der Waals surface area contributed by atoms with Gasteiger partial charge in [0.2, 0.25) is 5.88 Å². The number of rotatable bonds is 6. The van der Waals surface area contributed by atoms with E-state index < -0.39 is 0 Å². The molecule has 0 radical (unpaired) electrons. The number of thiophene rings is 1. The third-order valence-electron chi connectivity index (χ3n) is 2.32. The number of hydrogen-bond acceptors (Lipinski definition) is 4. The summed E-state index contributed by atoms with van der Waals surface area (Å²) in [5, 5.41) is 5.31. The van der Waals surface area contributed by atoms with Crippen molar-refractivity contribution in [2.75, 3.05) is 6.54 Å². The largest absolute Gasteiger partial charge is 0.472 e. The molecule has 4 heteroatoms. The highest BCUT2D eigenvalue weighted by Gasteiger charge is 1.98. The van der Waals surface area contributed by atoms with E-state index in [1.165, 1.54) is 10.4 Å². The molecule has 3 nitrogen and oxygen atoms in total. The molecule has 2 aromatic heterocycles. The Labute approximate surface area is 105 Å². The van der Waals surface area contributed by atoms with Crippen LogP contribution in [0.1, 0.15) is 17.4 Å². The van der Waals surface area contributed by atoms with Gasteiger partial charge in [-0.2, -0.15) is 0 Å². The second-order valence-electron chi connectivity index (χ2n) is 3.65. The van der Waals surface area contributed by atoms with Crippen LogP contribution < -0.4 is 10.1 Å². The number of ether oxygens (including phenoxy) is 1. The van der Waals surface area contributed by atoms with E-state index in [9.17, 15) is 0 Å². The van der Waals surface area contributed by atoms with Crippen LogP contribution in [0.15, 0.2) is 35.8 Å². The van der Waals surface area contributed by atoms with Gasteiger partial charge in [0.25, 0.3) is 0 Å². The molecule has 2 aromatic rings. The van der Waals surface area contributed by atoms with Gasteiger partial charge >= 0.3 is 0 Å². The SMILES string of the molecule is CCNCc1ccc(OCc2cccs2)nc1. The van der Waals surface area contributed by atoms with Crippen LogP contribution in [0.25, 0.3) is 0 Å². The molecule has 0 amide bonds. The Hall–Kier alpha value is -1.39. The summed E-state index contributed by atoms with van der Waals surface area (Å²) in [5.41, 5.74) is 1.18. The fourth-order valence-corrected chi connectivity index (χ4v) is 2.03. The third-order valence-corrected chi connectivity index (χ3v) is 3.17. The molecular weight excluding hydrogens is 232 g/mol. The van der Waals surface area contributed by atoms with Crippen molar-refractivity contribution in [3.05, 3.63) is 46.3 Å². The number of pyridine rings is 1. The topological polar surface area (TPSA) is 34.1 Å². The first-order chi connectivity index (χ1) is 8.38. The molecule has 0 aliphatic heterocycles. The minimum atomic E-state index is 0.594. The van der Waals surface area contributed by atoms with Crippen molar-refractivity contribution in [2.45, 2.75) is 20.1 Å². The van der Waals surface area contributed by atoms with E-state index in [1.807, 2.05) is 29.8 Å². The maximum Gasteiger partial charge on any atom is 0.213 e. The lowest BCUT2D eigenvalue weighted by Crippen LogP contribution is -2.11. The van der Waals surface area contributed by atoms with Gasteiger partial charge in [-0.1, -0.05) is 19.1 Å². The van der Waals surface area contributed by atoms with Crippen molar-refractivity contribution in [3.8, 4) is 5.88 Å². The van der Waals surface area contributed by atoms with Crippen molar-refractivity contribution < 1.29 is 4.74 Å². The zero-order valence-electron chi connectivity index (χ0n) is 9.85. The van der Waals surface area contributed by atoms with Gasteiger partial charge in [0.15, 0.2) is 0 Å². The van der Waals surface area contributed by atoms with Gasteiger partial charge in [-0.3, -0.25) is 0 Å². The Morgan fingerprint density at radius 1 is 1.35 bits per heavy atom. The van der Waals surface area contributed by atoms with Crippen LogP contribution in [0.2, 0.25) is 0 Å². The standard InChI is InChI=1S/C13H16N2OS/c1-2-14-8-11-5-6-13(15-9-11)16-10-12-4-3-7-17-12/h3-7,9,14H,2,8,10H2,1H3. The van der Waals surface area contributed by atoms with E-state index >= 15 is 0 Å². The normalized spacial score (nSPS) is 10.4. The molecule has 0 aliphatic carbocycles. The zero-order valence-corrected chi connectivity index (χ0v) is 10.7. The highest BCUT2D eigenvalue weighted by atomic mass is 32.1. The average molecular weight is 248 g/mol. The molecule has 0 aliphatic rings. The second-order valence-corrected chi connectivity index (χ2v) is 4.69. The Morgan fingerprint density at radius 3 is 2.94 bits per heavy atom. The van der Waals surface area contributed by atoms with Crippen molar-refractivity contribution in [1.82, 2.24) is 10.3 Å². The van der Waals surface area contributed by atoms with Crippen molar-refractivity contribution in [2.24, 2.45) is 0 Å². The van der Waals surface area contributed by atoms with Gasteiger partial charge in [-0.15, -0.1) is 11.3 Å². The van der Waals surface area contributed by atoms with Crippen molar-refractivity contribution >= 4 is 11.3 Å². The van der Waals surface area contributed by atoms with Crippen LogP contribution >= 0.6 is 11.3 Å². The number of nitrogens with one attached hydrogen (secondary N) is 1. The lowest BCUT2D eigenvalue weighted by Gasteiger charge is -2.05. The van der Waals surface area contributed by atoms with Crippen LogP contribution in [0.4, 0.5) is 0 Å². The summed E-state index contributed by atoms with van der Waals surface area (Å²) < 4.78 is 5.59. The second kappa shape index (κ2) is 6.37. The number of nitrogens with zero attached hydrogens (tertiary/aromatic N) is 1. The lowest BCUT2D eigenvalue weighted by atomic mass is 10.3. The Bertz CT molecular complexity index is 425.